The third-order valence-corrected chi connectivity index (χ3v) is 5.86. The molecule has 22 heavy (non-hydrogen) atoms. The van der Waals surface area contributed by atoms with E-state index in [4.69, 9.17) is 0 Å². The molecule has 124 valence electrons. The lowest BCUT2D eigenvalue weighted by atomic mass is 10.2. The SMILES string of the molecule is CNCC1CCCN1S(=O)(=O)c1c(C)cccc1[N+](=O)[O-].Cl. The van der Waals surface area contributed by atoms with Crippen molar-refractivity contribution in [3.05, 3.63) is 33.9 Å². The molecule has 1 aromatic rings. The van der Waals surface area contributed by atoms with Gasteiger partial charge in [-0.1, -0.05) is 12.1 Å². The summed E-state index contributed by atoms with van der Waals surface area (Å²) in [4.78, 5) is 10.3. The van der Waals surface area contributed by atoms with Gasteiger partial charge in [-0.15, -0.1) is 12.4 Å². The number of sulfonamides is 1. The summed E-state index contributed by atoms with van der Waals surface area (Å²) < 4.78 is 27.1. The van der Waals surface area contributed by atoms with Crippen LogP contribution in [0.3, 0.4) is 0 Å². The molecule has 1 heterocycles. The van der Waals surface area contributed by atoms with Gasteiger partial charge >= 0.3 is 0 Å². The molecule has 7 nitrogen and oxygen atoms in total. The smallest absolute Gasteiger partial charge is 0.289 e. The van der Waals surface area contributed by atoms with Gasteiger partial charge in [0.1, 0.15) is 0 Å². The van der Waals surface area contributed by atoms with Gasteiger partial charge in [0, 0.05) is 25.2 Å². The molecule has 1 saturated heterocycles. The van der Waals surface area contributed by atoms with Crippen LogP contribution in [0.4, 0.5) is 5.69 Å². The fourth-order valence-corrected chi connectivity index (χ4v) is 4.86. The quantitative estimate of drug-likeness (QED) is 0.645. The van der Waals surface area contributed by atoms with E-state index in [1.807, 2.05) is 0 Å². The number of benzene rings is 1. The Labute approximate surface area is 136 Å². The highest BCUT2D eigenvalue weighted by molar-refractivity contribution is 7.89. The van der Waals surface area contributed by atoms with Crippen molar-refractivity contribution < 1.29 is 13.3 Å². The lowest BCUT2D eigenvalue weighted by molar-refractivity contribution is -0.387. The molecule has 1 N–H and O–H groups in total. The van der Waals surface area contributed by atoms with E-state index in [-0.39, 0.29) is 29.0 Å². The fourth-order valence-electron chi connectivity index (χ4n) is 2.80. The Morgan fingerprint density at radius 2 is 2.14 bits per heavy atom. The summed E-state index contributed by atoms with van der Waals surface area (Å²) >= 11 is 0. The largest absolute Gasteiger partial charge is 0.318 e. The van der Waals surface area contributed by atoms with Crippen molar-refractivity contribution in [2.24, 2.45) is 0 Å². The van der Waals surface area contributed by atoms with Crippen molar-refractivity contribution in [3.63, 3.8) is 0 Å². The standard InChI is InChI=1S/C13H19N3O4S.ClH/c1-10-5-3-7-12(16(17)18)13(10)21(19,20)15-8-4-6-11(15)9-14-2;/h3,5,7,11,14H,4,6,8-9H2,1-2H3;1H. The first-order valence-electron chi connectivity index (χ1n) is 6.80. The van der Waals surface area contributed by atoms with Gasteiger partial charge in [0.2, 0.25) is 10.0 Å². The summed E-state index contributed by atoms with van der Waals surface area (Å²) in [6, 6.07) is 4.17. The van der Waals surface area contributed by atoms with Gasteiger partial charge in [-0.2, -0.15) is 4.31 Å². The molecule has 1 aliphatic heterocycles. The topological polar surface area (TPSA) is 92.6 Å². The molecule has 1 aromatic carbocycles. The molecule has 1 fully saturated rings. The Hall–Kier alpha value is -1.22. The predicted molar refractivity (Wildman–Crippen MR) is 85.9 cm³/mol. The van der Waals surface area contributed by atoms with Gasteiger partial charge < -0.3 is 5.32 Å². The average Bonchev–Trinajstić information content (AvgIpc) is 2.87. The lowest BCUT2D eigenvalue weighted by Gasteiger charge is -2.24. The van der Waals surface area contributed by atoms with E-state index in [1.165, 1.54) is 16.4 Å². The third-order valence-electron chi connectivity index (χ3n) is 3.72. The van der Waals surface area contributed by atoms with Gasteiger partial charge in [-0.3, -0.25) is 10.1 Å². The number of nitrogens with one attached hydrogen (secondary N) is 1. The number of rotatable bonds is 5. The summed E-state index contributed by atoms with van der Waals surface area (Å²) in [5.41, 5.74) is 0.0458. The van der Waals surface area contributed by atoms with Crippen molar-refractivity contribution in [1.82, 2.24) is 9.62 Å². The van der Waals surface area contributed by atoms with Crippen LogP contribution in [0.2, 0.25) is 0 Å². The molecule has 0 amide bonds. The Bertz CT molecular complexity index is 651. The second-order valence-corrected chi connectivity index (χ2v) is 6.98. The molecule has 0 spiro atoms. The van der Waals surface area contributed by atoms with Crippen molar-refractivity contribution in [3.8, 4) is 0 Å². The van der Waals surface area contributed by atoms with Crippen LogP contribution in [0.15, 0.2) is 23.1 Å². The van der Waals surface area contributed by atoms with E-state index in [0.29, 0.717) is 18.7 Å². The highest BCUT2D eigenvalue weighted by atomic mass is 35.5. The first-order chi connectivity index (χ1) is 9.89. The maximum absolute atomic E-state index is 12.9. The molecular formula is C13H20ClN3O4S. The van der Waals surface area contributed by atoms with Crippen LogP contribution >= 0.6 is 12.4 Å². The Morgan fingerprint density at radius 3 is 2.73 bits per heavy atom. The highest BCUT2D eigenvalue weighted by Crippen LogP contribution is 2.33. The van der Waals surface area contributed by atoms with Crippen LogP contribution in [-0.4, -0.2) is 43.8 Å². The molecule has 0 aliphatic carbocycles. The number of halogens is 1. The zero-order valence-corrected chi connectivity index (χ0v) is 14.1. The van der Waals surface area contributed by atoms with Crippen LogP contribution in [0.25, 0.3) is 0 Å². The van der Waals surface area contributed by atoms with Crippen LogP contribution in [-0.2, 0) is 10.0 Å². The minimum absolute atomic E-state index is 0. The maximum atomic E-state index is 12.9. The van der Waals surface area contributed by atoms with Crippen LogP contribution in [0, 0.1) is 17.0 Å². The van der Waals surface area contributed by atoms with Crippen molar-refractivity contribution in [1.29, 1.82) is 0 Å². The van der Waals surface area contributed by atoms with Crippen molar-refractivity contribution in [2.75, 3.05) is 20.1 Å². The molecule has 2 rings (SSSR count). The van der Waals surface area contributed by atoms with E-state index >= 15 is 0 Å². The second-order valence-electron chi connectivity index (χ2n) is 5.15. The van der Waals surface area contributed by atoms with E-state index in [2.05, 4.69) is 5.32 Å². The maximum Gasteiger partial charge on any atom is 0.289 e. The van der Waals surface area contributed by atoms with Gasteiger partial charge in [0.25, 0.3) is 5.69 Å². The first-order valence-corrected chi connectivity index (χ1v) is 8.24. The molecular weight excluding hydrogens is 330 g/mol. The predicted octanol–water partition coefficient (Wildman–Crippen LogP) is 1.70. The summed E-state index contributed by atoms with van der Waals surface area (Å²) in [7, 11) is -2.10. The van der Waals surface area contributed by atoms with Gasteiger partial charge in [0.15, 0.2) is 4.90 Å². The number of aryl methyl sites for hydroxylation is 1. The van der Waals surface area contributed by atoms with E-state index in [1.54, 1.807) is 20.0 Å². The number of hydrogen-bond donors (Lipinski definition) is 1. The zero-order valence-electron chi connectivity index (χ0n) is 12.5. The second kappa shape index (κ2) is 7.36. The van der Waals surface area contributed by atoms with E-state index in [9.17, 15) is 18.5 Å². The molecule has 9 heteroatoms. The highest BCUT2D eigenvalue weighted by Gasteiger charge is 2.39. The summed E-state index contributed by atoms with van der Waals surface area (Å²) in [5, 5.41) is 14.1. The number of nitro groups is 1. The Kier molecular flexibility index (Phi) is 6.30. The van der Waals surface area contributed by atoms with Gasteiger partial charge in [-0.05, 0) is 32.4 Å². The normalized spacial score (nSPS) is 18.9. The molecule has 1 atom stereocenters. The van der Waals surface area contributed by atoms with Crippen LogP contribution < -0.4 is 5.32 Å². The lowest BCUT2D eigenvalue weighted by Crippen LogP contribution is -2.41. The molecule has 0 saturated carbocycles. The number of likely N-dealkylation sites (N-methyl/N-ethyl adjacent to an activating group) is 1. The minimum Gasteiger partial charge on any atom is -0.318 e. The third kappa shape index (κ3) is 3.40. The van der Waals surface area contributed by atoms with E-state index < -0.39 is 14.9 Å². The summed E-state index contributed by atoms with van der Waals surface area (Å²) in [5.74, 6) is 0. The molecule has 0 bridgehead atoms. The van der Waals surface area contributed by atoms with Gasteiger partial charge in [0.05, 0.1) is 4.92 Å². The van der Waals surface area contributed by atoms with Crippen molar-refractivity contribution in [2.45, 2.75) is 30.7 Å². The van der Waals surface area contributed by atoms with Crippen LogP contribution in [0.5, 0.6) is 0 Å². The molecule has 0 radical (unpaired) electrons. The fraction of sp³-hybridized carbons (Fsp3) is 0.538. The molecule has 0 aromatic heterocycles. The molecule has 1 unspecified atom stereocenters. The van der Waals surface area contributed by atoms with E-state index in [0.717, 1.165) is 12.8 Å². The zero-order chi connectivity index (χ0) is 15.6. The number of nitrogens with zero attached hydrogens (tertiary/aromatic N) is 2. The molecule has 1 aliphatic rings. The van der Waals surface area contributed by atoms with Crippen molar-refractivity contribution >= 4 is 28.1 Å². The monoisotopic (exact) mass is 349 g/mol. The average molecular weight is 350 g/mol. The Morgan fingerprint density at radius 1 is 1.45 bits per heavy atom. The number of nitro benzene ring substituents is 1. The van der Waals surface area contributed by atoms with Crippen LogP contribution in [0.1, 0.15) is 18.4 Å². The van der Waals surface area contributed by atoms with Gasteiger partial charge in [-0.25, -0.2) is 8.42 Å². The minimum atomic E-state index is -3.86. The Balaban J connectivity index is 0.00000242. The summed E-state index contributed by atoms with van der Waals surface area (Å²) in [6.07, 6.45) is 1.53. The summed E-state index contributed by atoms with van der Waals surface area (Å²) in [6.45, 7) is 2.53. The first kappa shape index (κ1) is 18.8. The number of hydrogen-bond acceptors (Lipinski definition) is 5.